The van der Waals surface area contributed by atoms with E-state index in [0.717, 1.165) is 5.56 Å². The van der Waals surface area contributed by atoms with Gasteiger partial charge in [0, 0.05) is 5.56 Å². The lowest BCUT2D eigenvalue weighted by Gasteiger charge is -2.40. The monoisotopic (exact) mass is 290 g/mol. The summed E-state index contributed by atoms with van der Waals surface area (Å²) in [4.78, 5) is 37.3. The number of nitrogen functional groups attached to an aromatic ring is 1. The molecule has 0 saturated carbocycles. The third-order valence-corrected chi connectivity index (χ3v) is 3.66. The molecule has 1 heterocycles. The Morgan fingerprint density at radius 3 is 2.62 bits per heavy atom. The van der Waals surface area contributed by atoms with E-state index in [1.54, 1.807) is 32.0 Å². The average Bonchev–Trinajstić information content (AvgIpc) is 2.42. The second-order valence-corrected chi connectivity index (χ2v) is 5.50. The van der Waals surface area contributed by atoms with Gasteiger partial charge in [-0.1, -0.05) is 0 Å². The lowest BCUT2D eigenvalue weighted by Crippen LogP contribution is -2.65. The zero-order valence-electron chi connectivity index (χ0n) is 12.2. The molecule has 0 atom stereocenters. The predicted octanol–water partition coefficient (Wildman–Crippen LogP) is 0.158. The molecule has 4 N–H and O–H groups in total. The van der Waals surface area contributed by atoms with Gasteiger partial charge in [-0.3, -0.25) is 25.5 Å². The van der Waals surface area contributed by atoms with Crippen molar-refractivity contribution >= 4 is 23.4 Å². The van der Waals surface area contributed by atoms with Crippen molar-refractivity contribution in [2.75, 3.05) is 12.0 Å². The normalized spacial score (nSPS) is 17.4. The van der Waals surface area contributed by atoms with Crippen LogP contribution in [0.1, 0.15) is 29.8 Å². The summed E-state index contributed by atoms with van der Waals surface area (Å²) in [5.74, 6) is 4.03. The number of piperazine rings is 1. The standard InChI is InChI=1S/C14H18N4O3/c1-8-6-9(4-5-10(8)17-15)12(20)18-7-11(19)16-13(21)14(18,2)3/h4-6,17H,7,15H2,1-3H3,(H,16,19,21). The molecule has 112 valence electrons. The van der Waals surface area contributed by atoms with E-state index >= 15 is 0 Å². The van der Waals surface area contributed by atoms with Gasteiger partial charge >= 0.3 is 0 Å². The summed E-state index contributed by atoms with van der Waals surface area (Å²) in [6.45, 7) is 4.88. The molecule has 3 amide bonds. The maximum absolute atomic E-state index is 12.6. The third kappa shape index (κ3) is 2.59. The molecule has 1 saturated heterocycles. The Hall–Kier alpha value is -2.41. The Kier molecular flexibility index (Phi) is 3.69. The van der Waals surface area contributed by atoms with Crippen LogP contribution in [0.15, 0.2) is 18.2 Å². The van der Waals surface area contributed by atoms with Gasteiger partial charge in [0.25, 0.3) is 11.8 Å². The quantitative estimate of drug-likeness (QED) is 0.409. The number of hydrogen-bond donors (Lipinski definition) is 3. The fourth-order valence-electron chi connectivity index (χ4n) is 2.22. The van der Waals surface area contributed by atoms with Crippen LogP contribution in [0.5, 0.6) is 0 Å². The first-order valence-corrected chi connectivity index (χ1v) is 6.51. The van der Waals surface area contributed by atoms with Crippen LogP contribution in [0, 0.1) is 6.92 Å². The number of carbonyl (C=O) groups excluding carboxylic acids is 3. The van der Waals surface area contributed by atoms with Crippen LogP contribution in [-0.4, -0.2) is 34.7 Å². The number of benzene rings is 1. The number of nitrogens with one attached hydrogen (secondary N) is 2. The third-order valence-electron chi connectivity index (χ3n) is 3.66. The van der Waals surface area contributed by atoms with E-state index in [-0.39, 0.29) is 12.5 Å². The van der Waals surface area contributed by atoms with E-state index in [1.165, 1.54) is 4.90 Å². The fraction of sp³-hybridized carbons (Fsp3) is 0.357. The molecule has 1 aliphatic rings. The van der Waals surface area contributed by atoms with Gasteiger partial charge in [0.1, 0.15) is 12.1 Å². The Balaban J connectivity index is 2.36. The van der Waals surface area contributed by atoms with E-state index in [2.05, 4.69) is 10.7 Å². The minimum Gasteiger partial charge on any atom is -0.324 e. The van der Waals surface area contributed by atoms with Crippen LogP contribution in [-0.2, 0) is 9.59 Å². The molecular weight excluding hydrogens is 272 g/mol. The number of hydrogen-bond acceptors (Lipinski definition) is 5. The first-order chi connectivity index (χ1) is 9.77. The highest BCUT2D eigenvalue weighted by Crippen LogP contribution is 2.23. The van der Waals surface area contributed by atoms with Crippen molar-refractivity contribution in [2.45, 2.75) is 26.3 Å². The zero-order chi connectivity index (χ0) is 15.8. The number of imide groups is 1. The van der Waals surface area contributed by atoms with Crippen LogP contribution in [0.25, 0.3) is 0 Å². The van der Waals surface area contributed by atoms with Crippen LogP contribution in [0.4, 0.5) is 5.69 Å². The smallest absolute Gasteiger partial charge is 0.255 e. The van der Waals surface area contributed by atoms with Crippen molar-refractivity contribution in [1.82, 2.24) is 10.2 Å². The van der Waals surface area contributed by atoms with Crippen LogP contribution in [0.2, 0.25) is 0 Å². The van der Waals surface area contributed by atoms with E-state index in [9.17, 15) is 14.4 Å². The molecule has 0 aliphatic carbocycles. The van der Waals surface area contributed by atoms with Gasteiger partial charge in [-0.2, -0.15) is 0 Å². The van der Waals surface area contributed by atoms with E-state index in [4.69, 9.17) is 5.84 Å². The van der Waals surface area contributed by atoms with Crippen molar-refractivity contribution in [3.8, 4) is 0 Å². The maximum atomic E-state index is 12.6. The molecule has 0 spiro atoms. The first-order valence-electron chi connectivity index (χ1n) is 6.51. The molecule has 7 nitrogen and oxygen atoms in total. The van der Waals surface area contributed by atoms with Crippen LogP contribution < -0.4 is 16.6 Å². The summed E-state index contributed by atoms with van der Waals surface area (Å²) in [5.41, 5.74) is 3.36. The van der Waals surface area contributed by atoms with E-state index in [0.29, 0.717) is 11.3 Å². The van der Waals surface area contributed by atoms with Crippen molar-refractivity contribution in [3.63, 3.8) is 0 Å². The summed E-state index contributed by atoms with van der Waals surface area (Å²) in [6, 6.07) is 4.96. The Labute approximate surface area is 122 Å². The number of hydrazine groups is 1. The molecule has 0 radical (unpaired) electrons. The highest BCUT2D eigenvalue weighted by atomic mass is 16.2. The van der Waals surface area contributed by atoms with E-state index < -0.39 is 17.4 Å². The van der Waals surface area contributed by atoms with Crippen molar-refractivity contribution in [2.24, 2.45) is 5.84 Å². The Bertz CT molecular complexity index is 625. The van der Waals surface area contributed by atoms with Gasteiger partial charge in [0.05, 0.1) is 5.69 Å². The summed E-state index contributed by atoms with van der Waals surface area (Å²) < 4.78 is 0. The number of nitrogens with zero attached hydrogens (tertiary/aromatic N) is 1. The van der Waals surface area contributed by atoms with Gasteiger partial charge in [-0.25, -0.2) is 0 Å². The minimum atomic E-state index is -1.08. The Morgan fingerprint density at radius 1 is 1.38 bits per heavy atom. The second-order valence-electron chi connectivity index (χ2n) is 5.50. The van der Waals surface area contributed by atoms with Gasteiger partial charge < -0.3 is 10.3 Å². The van der Waals surface area contributed by atoms with Gasteiger partial charge in [-0.15, -0.1) is 0 Å². The molecule has 1 aromatic rings. The van der Waals surface area contributed by atoms with E-state index in [1.807, 2.05) is 6.92 Å². The molecular formula is C14H18N4O3. The number of aryl methyl sites for hydroxylation is 1. The van der Waals surface area contributed by atoms with Crippen molar-refractivity contribution < 1.29 is 14.4 Å². The molecule has 21 heavy (non-hydrogen) atoms. The molecule has 1 aromatic carbocycles. The molecule has 2 rings (SSSR count). The summed E-state index contributed by atoms with van der Waals surface area (Å²) in [7, 11) is 0. The van der Waals surface area contributed by atoms with Gasteiger partial charge in [0.15, 0.2) is 0 Å². The number of amides is 3. The molecule has 0 bridgehead atoms. The molecule has 0 unspecified atom stereocenters. The lowest BCUT2D eigenvalue weighted by atomic mass is 9.97. The Morgan fingerprint density at radius 2 is 2.05 bits per heavy atom. The number of nitrogens with two attached hydrogens (primary N) is 1. The SMILES string of the molecule is Cc1cc(C(=O)N2CC(=O)NC(=O)C2(C)C)ccc1NN. The zero-order valence-corrected chi connectivity index (χ0v) is 12.2. The minimum absolute atomic E-state index is 0.145. The molecule has 1 aliphatic heterocycles. The highest BCUT2D eigenvalue weighted by Gasteiger charge is 2.43. The largest absolute Gasteiger partial charge is 0.324 e. The number of rotatable bonds is 2. The fourth-order valence-corrected chi connectivity index (χ4v) is 2.22. The summed E-state index contributed by atoms with van der Waals surface area (Å²) in [6.07, 6.45) is 0. The van der Waals surface area contributed by atoms with Crippen molar-refractivity contribution in [3.05, 3.63) is 29.3 Å². The van der Waals surface area contributed by atoms with Crippen molar-refractivity contribution in [1.29, 1.82) is 0 Å². The highest BCUT2D eigenvalue weighted by molar-refractivity contribution is 6.09. The number of carbonyl (C=O) groups is 3. The first kappa shape index (κ1) is 15.0. The summed E-state index contributed by atoms with van der Waals surface area (Å²) >= 11 is 0. The maximum Gasteiger partial charge on any atom is 0.255 e. The van der Waals surface area contributed by atoms with Crippen LogP contribution in [0.3, 0.4) is 0 Å². The predicted molar refractivity (Wildman–Crippen MR) is 77.3 cm³/mol. The lowest BCUT2D eigenvalue weighted by molar-refractivity contribution is -0.143. The second kappa shape index (κ2) is 5.17. The van der Waals surface area contributed by atoms with Gasteiger partial charge in [-0.05, 0) is 44.5 Å². The number of anilines is 1. The molecule has 1 fully saturated rings. The molecule has 0 aromatic heterocycles. The average molecular weight is 290 g/mol. The topological polar surface area (TPSA) is 105 Å². The molecule has 7 heteroatoms. The van der Waals surface area contributed by atoms with Crippen LogP contribution >= 0.6 is 0 Å². The summed E-state index contributed by atoms with van der Waals surface area (Å²) in [5, 5.41) is 2.24. The van der Waals surface area contributed by atoms with Gasteiger partial charge in [0.2, 0.25) is 5.91 Å².